The topological polar surface area (TPSA) is 84.3 Å². The molecule has 0 atom stereocenters. The molecule has 0 bridgehead atoms. The van der Waals surface area contributed by atoms with Gasteiger partial charge >= 0.3 is 0 Å². The van der Waals surface area contributed by atoms with E-state index in [9.17, 15) is 9.90 Å². The molecule has 25 heavy (non-hydrogen) atoms. The van der Waals surface area contributed by atoms with E-state index >= 15 is 0 Å². The van der Waals surface area contributed by atoms with Crippen molar-refractivity contribution in [1.82, 2.24) is 9.97 Å². The van der Waals surface area contributed by atoms with Gasteiger partial charge in [-0.2, -0.15) is 0 Å². The zero-order chi connectivity index (χ0) is 17.5. The van der Waals surface area contributed by atoms with Gasteiger partial charge in [-0.05, 0) is 29.8 Å². The summed E-state index contributed by atoms with van der Waals surface area (Å²) in [5, 5.41) is 12.3. The molecule has 126 valence electrons. The van der Waals surface area contributed by atoms with Crippen molar-refractivity contribution >= 4 is 11.6 Å². The van der Waals surface area contributed by atoms with E-state index in [-0.39, 0.29) is 18.1 Å². The fourth-order valence-corrected chi connectivity index (χ4v) is 2.27. The maximum atomic E-state index is 12.1. The van der Waals surface area contributed by atoms with Crippen LogP contribution in [0.25, 0.3) is 0 Å². The Morgan fingerprint density at radius 2 is 1.88 bits per heavy atom. The molecule has 2 heterocycles. The lowest BCUT2D eigenvalue weighted by Gasteiger charge is -2.09. The summed E-state index contributed by atoms with van der Waals surface area (Å²) in [6.07, 6.45) is 6.42. The maximum absolute atomic E-state index is 12.1. The highest BCUT2D eigenvalue weighted by Crippen LogP contribution is 2.21. The quantitative estimate of drug-likeness (QED) is 0.723. The molecule has 3 aromatic rings. The Morgan fingerprint density at radius 1 is 1.04 bits per heavy atom. The predicted octanol–water partition coefficient (Wildman–Crippen LogP) is 2.94. The van der Waals surface area contributed by atoms with Crippen molar-refractivity contribution < 1.29 is 14.6 Å². The molecule has 0 aliphatic rings. The first kappa shape index (κ1) is 16.4. The maximum Gasteiger partial charge on any atom is 0.228 e. The molecule has 1 aromatic carbocycles. The fourth-order valence-electron chi connectivity index (χ4n) is 2.27. The number of ether oxygens (including phenoxy) is 1. The fraction of sp³-hybridized carbons (Fsp3) is 0.105. The summed E-state index contributed by atoms with van der Waals surface area (Å²) >= 11 is 0. The van der Waals surface area contributed by atoms with Crippen LogP contribution >= 0.6 is 0 Å². The van der Waals surface area contributed by atoms with Crippen LogP contribution in [0.2, 0.25) is 0 Å². The lowest BCUT2D eigenvalue weighted by molar-refractivity contribution is -0.115. The zero-order valence-corrected chi connectivity index (χ0v) is 13.4. The smallest absolute Gasteiger partial charge is 0.228 e. The molecule has 0 radical (unpaired) electrons. The highest BCUT2D eigenvalue weighted by Gasteiger charge is 2.08. The molecule has 0 saturated heterocycles. The minimum atomic E-state index is -0.231. The number of carbonyl (C=O) groups is 1. The van der Waals surface area contributed by atoms with E-state index < -0.39 is 0 Å². The average Bonchev–Trinajstić information content (AvgIpc) is 2.63. The SMILES string of the molecule is O=C(Cc1cccc(OCc2cccnc2)c1)Nc1ccncc1O. The van der Waals surface area contributed by atoms with Gasteiger partial charge in [0.25, 0.3) is 0 Å². The second-order valence-electron chi connectivity index (χ2n) is 5.42. The number of amides is 1. The molecule has 1 amide bonds. The molecule has 3 rings (SSSR count). The molecule has 0 aliphatic carbocycles. The van der Waals surface area contributed by atoms with Gasteiger partial charge in [0.05, 0.1) is 18.3 Å². The van der Waals surface area contributed by atoms with Crippen LogP contribution in [0, 0.1) is 0 Å². The Balaban J connectivity index is 1.59. The van der Waals surface area contributed by atoms with Gasteiger partial charge in [-0.1, -0.05) is 18.2 Å². The van der Waals surface area contributed by atoms with E-state index in [1.807, 2.05) is 36.4 Å². The molecule has 6 nitrogen and oxygen atoms in total. The van der Waals surface area contributed by atoms with E-state index in [4.69, 9.17) is 4.74 Å². The number of nitrogens with one attached hydrogen (secondary N) is 1. The van der Waals surface area contributed by atoms with Crippen LogP contribution in [-0.2, 0) is 17.8 Å². The molecule has 0 fully saturated rings. The summed E-state index contributed by atoms with van der Waals surface area (Å²) in [6, 6.07) is 12.7. The summed E-state index contributed by atoms with van der Waals surface area (Å²) in [4.78, 5) is 19.9. The molecule has 2 aromatic heterocycles. The highest BCUT2D eigenvalue weighted by molar-refractivity contribution is 5.93. The second kappa shape index (κ2) is 7.92. The van der Waals surface area contributed by atoms with E-state index in [0.717, 1.165) is 11.1 Å². The number of pyridine rings is 2. The summed E-state index contributed by atoms with van der Waals surface area (Å²) in [6.45, 7) is 0.411. The monoisotopic (exact) mass is 335 g/mol. The molecular weight excluding hydrogens is 318 g/mol. The van der Waals surface area contributed by atoms with Crippen LogP contribution < -0.4 is 10.1 Å². The van der Waals surface area contributed by atoms with Gasteiger partial charge < -0.3 is 15.2 Å². The number of rotatable bonds is 6. The van der Waals surface area contributed by atoms with Gasteiger partial charge in [0.2, 0.25) is 5.91 Å². The van der Waals surface area contributed by atoms with Crippen LogP contribution in [0.1, 0.15) is 11.1 Å². The zero-order valence-electron chi connectivity index (χ0n) is 13.4. The van der Waals surface area contributed by atoms with Crippen molar-refractivity contribution in [2.24, 2.45) is 0 Å². The van der Waals surface area contributed by atoms with Crippen molar-refractivity contribution in [3.8, 4) is 11.5 Å². The first-order chi connectivity index (χ1) is 12.2. The van der Waals surface area contributed by atoms with E-state index in [1.165, 1.54) is 12.4 Å². The Kier molecular flexibility index (Phi) is 5.21. The lowest BCUT2D eigenvalue weighted by atomic mass is 10.1. The van der Waals surface area contributed by atoms with E-state index in [2.05, 4.69) is 15.3 Å². The number of benzene rings is 1. The van der Waals surface area contributed by atoms with Gasteiger partial charge in [0.15, 0.2) is 5.75 Å². The third kappa shape index (κ3) is 4.78. The van der Waals surface area contributed by atoms with Gasteiger partial charge in [-0.3, -0.25) is 14.8 Å². The van der Waals surface area contributed by atoms with Crippen LogP contribution in [0.3, 0.4) is 0 Å². The van der Waals surface area contributed by atoms with E-state index in [1.54, 1.807) is 18.5 Å². The first-order valence-electron chi connectivity index (χ1n) is 7.74. The van der Waals surface area contributed by atoms with Crippen LogP contribution in [0.4, 0.5) is 5.69 Å². The van der Waals surface area contributed by atoms with Gasteiger partial charge in [-0.15, -0.1) is 0 Å². The molecule has 2 N–H and O–H groups in total. The second-order valence-corrected chi connectivity index (χ2v) is 5.42. The lowest BCUT2D eigenvalue weighted by Crippen LogP contribution is -2.14. The largest absolute Gasteiger partial charge is 0.504 e. The van der Waals surface area contributed by atoms with Crippen molar-refractivity contribution in [2.45, 2.75) is 13.0 Å². The number of nitrogens with zero attached hydrogens (tertiary/aromatic N) is 2. The Morgan fingerprint density at radius 3 is 2.68 bits per heavy atom. The normalized spacial score (nSPS) is 10.2. The average molecular weight is 335 g/mol. The minimum Gasteiger partial charge on any atom is -0.504 e. The third-order valence-corrected chi connectivity index (χ3v) is 3.47. The van der Waals surface area contributed by atoms with Gasteiger partial charge in [-0.25, -0.2) is 0 Å². The standard InChI is InChI=1S/C19H17N3O3/c23-18-12-21-8-6-17(18)22-19(24)10-14-3-1-5-16(9-14)25-13-15-4-2-7-20-11-15/h1-9,11-12,23H,10,13H2,(H,21,22,24). The predicted molar refractivity (Wildman–Crippen MR) is 93.2 cm³/mol. The Labute approximate surface area is 145 Å². The number of aromatic nitrogens is 2. The molecule has 0 spiro atoms. The number of aromatic hydroxyl groups is 1. The minimum absolute atomic E-state index is 0.0654. The number of hydrogen-bond donors (Lipinski definition) is 2. The molecule has 6 heteroatoms. The summed E-state index contributed by atoms with van der Waals surface area (Å²) in [5.74, 6) is 0.385. The number of carbonyl (C=O) groups excluding carboxylic acids is 1. The Hall–Kier alpha value is -3.41. The highest BCUT2D eigenvalue weighted by atomic mass is 16.5. The van der Waals surface area contributed by atoms with Crippen molar-refractivity contribution in [3.63, 3.8) is 0 Å². The number of anilines is 1. The summed E-state index contributed by atoms with van der Waals surface area (Å²) in [5.41, 5.74) is 2.12. The molecule has 0 aliphatic heterocycles. The molecular formula is C19H17N3O3. The van der Waals surface area contributed by atoms with Gasteiger partial charge in [0, 0.05) is 24.2 Å². The van der Waals surface area contributed by atoms with Crippen molar-refractivity contribution in [3.05, 3.63) is 78.4 Å². The Bertz CT molecular complexity index is 853. The molecule has 0 saturated carbocycles. The summed E-state index contributed by atoms with van der Waals surface area (Å²) < 4.78 is 5.73. The van der Waals surface area contributed by atoms with E-state index in [0.29, 0.717) is 18.0 Å². The van der Waals surface area contributed by atoms with Crippen LogP contribution in [0.15, 0.2) is 67.3 Å². The van der Waals surface area contributed by atoms with Crippen molar-refractivity contribution in [2.75, 3.05) is 5.32 Å². The van der Waals surface area contributed by atoms with Crippen LogP contribution in [0.5, 0.6) is 11.5 Å². The summed E-state index contributed by atoms with van der Waals surface area (Å²) in [7, 11) is 0. The first-order valence-corrected chi connectivity index (χ1v) is 7.74. The van der Waals surface area contributed by atoms with Crippen LogP contribution in [-0.4, -0.2) is 21.0 Å². The number of hydrogen-bond acceptors (Lipinski definition) is 5. The van der Waals surface area contributed by atoms with Gasteiger partial charge in [0.1, 0.15) is 12.4 Å². The van der Waals surface area contributed by atoms with Crippen molar-refractivity contribution in [1.29, 1.82) is 0 Å². The molecule has 0 unspecified atom stereocenters. The third-order valence-electron chi connectivity index (χ3n) is 3.47.